The number of fused-ring (bicyclic) bond motifs is 3. The number of hydrogen-bond donors (Lipinski definition) is 0. The molecular formula is C29H26N4O3S2. The third kappa shape index (κ3) is 4.68. The van der Waals surface area contributed by atoms with E-state index in [9.17, 15) is 13.2 Å². The number of thioether (sulfide) groups is 1. The Bertz CT molecular complexity index is 1660. The Morgan fingerprint density at radius 2 is 1.68 bits per heavy atom. The number of sulfonamides is 1. The van der Waals surface area contributed by atoms with Crippen LogP contribution in [0.25, 0.3) is 16.9 Å². The Morgan fingerprint density at radius 3 is 2.47 bits per heavy atom. The Morgan fingerprint density at radius 1 is 0.947 bits per heavy atom. The topological polar surface area (TPSA) is 84.6 Å². The molecule has 0 atom stereocenters. The zero-order valence-corrected chi connectivity index (χ0v) is 22.5. The molecule has 1 aliphatic heterocycles. The van der Waals surface area contributed by atoms with Crippen LogP contribution in [0.5, 0.6) is 0 Å². The van der Waals surface area contributed by atoms with Gasteiger partial charge in [0.1, 0.15) is 0 Å². The van der Waals surface area contributed by atoms with Crippen molar-refractivity contribution in [1.82, 2.24) is 14.7 Å². The summed E-state index contributed by atoms with van der Waals surface area (Å²) in [5.74, 6) is 0.261. The fourth-order valence-corrected chi connectivity index (χ4v) is 7.12. The van der Waals surface area contributed by atoms with Gasteiger partial charge >= 0.3 is 0 Å². The molecule has 7 nitrogen and oxygen atoms in total. The third-order valence-electron chi connectivity index (χ3n) is 6.95. The second-order valence-electron chi connectivity index (χ2n) is 9.49. The van der Waals surface area contributed by atoms with E-state index in [1.807, 2.05) is 41.1 Å². The average molecular weight is 543 g/mol. The van der Waals surface area contributed by atoms with E-state index in [2.05, 4.69) is 29.5 Å². The van der Waals surface area contributed by atoms with Gasteiger partial charge in [-0.05, 0) is 55.2 Å². The number of carbonyl (C=O) groups excluding carboxylic acids is 1. The Hall–Kier alpha value is -3.69. The van der Waals surface area contributed by atoms with Crippen LogP contribution in [0.15, 0.2) is 88.2 Å². The van der Waals surface area contributed by atoms with Crippen molar-refractivity contribution < 1.29 is 13.2 Å². The van der Waals surface area contributed by atoms with Gasteiger partial charge in [-0.1, -0.05) is 66.4 Å². The molecule has 1 aliphatic carbocycles. The lowest BCUT2D eigenvalue weighted by atomic mass is 9.89. The molecule has 0 unspecified atom stereocenters. The van der Waals surface area contributed by atoms with E-state index in [0.29, 0.717) is 11.7 Å². The summed E-state index contributed by atoms with van der Waals surface area (Å²) in [6.45, 7) is 2.61. The first-order valence-electron chi connectivity index (χ1n) is 12.4. The molecule has 6 rings (SSSR count). The summed E-state index contributed by atoms with van der Waals surface area (Å²) in [7, 11) is -3.97. The summed E-state index contributed by atoms with van der Waals surface area (Å²) in [4.78, 5) is 13.9. The fraction of sp³-hybridized carbons (Fsp3) is 0.207. The second kappa shape index (κ2) is 9.89. The molecule has 0 spiro atoms. The van der Waals surface area contributed by atoms with E-state index in [4.69, 9.17) is 5.10 Å². The molecule has 0 radical (unpaired) electrons. The highest BCUT2D eigenvalue weighted by Gasteiger charge is 2.27. The lowest BCUT2D eigenvalue weighted by Gasteiger charge is -2.28. The van der Waals surface area contributed by atoms with E-state index >= 15 is 0 Å². The van der Waals surface area contributed by atoms with Gasteiger partial charge < -0.3 is 4.90 Å². The van der Waals surface area contributed by atoms with Gasteiger partial charge in [0.25, 0.3) is 10.0 Å². The fourth-order valence-electron chi connectivity index (χ4n) is 5.02. The van der Waals surface area contributed by atoms with Crippen LogP contribution in [0.1, 0.15) is 22.4 Å². The highest BCUT2D eigenvalue weighted by Crippen LogP contribution is 2.35. The highest BCUT2D eigenvalue weighted by atomic mass is 32.2. The SMILES string of the molecule is Cc1c2c(nn1-c1ccc(S(=O)(=O)/N=C3\SCC(=O)CN3Cc3ccccc3)cc1)-c1ccccc1CC2. The van der Waals surface area contributed by atoms with Crippen molar-refractivity contribution in [1.29, 1.82) is 0 Å². The molecule has 9 heteroatoms. The molecule has 1 fully saturated rings. The van der Waals surface area contributed by atoms with E-state index < -0.39 is 10.0 Å². The maximum absolute atomic E-state index is 13.3. The van der Waals surface area contributed by atoms with E-state index in [-0.39, 0.29) is 23.0 Å². The zero-order valence-electron chi connectivity index (χ0n) is 20.9. The number of rotatable bonds is 5. The van der Waals surface area contributed by atoms with E-state index in [1.54, 1.807) is 29.2 Å². The number of hydrogen-bond acceptors (Lipinski definition) is 5. The average Bonchev–Trinajstić information content (AvgIpc) is 3.27. The van der Waals surface area contributed by atoms with Crippen LogP contribution in [0.2, 0.25) is 0 Å². The molecule has 2 heterocycles. The quantitative estimate of drug-likeness (QED) is 0.360. The monoisotopic (exact) mass is 542 g/mol. The molecule has 0 N–H and O–H groups in total. The number of Topliss-reactive ketones (excluding diaryl/α,β-unsaturated/α-hetero) is 1. The molecule has 2 aliphatic rings. The maximum atomic E-state index is 13.3. The van der Waals surface area contributed by atoms with Gasteiger partial charge in [0.2, 0.25) is 0 Å². The summed E-state index contributed by atoms with van der Waals surface area (Å²) in [6.07, 6.45) is 1.92. The number of ketones is 1. The first-order chi connectivity index (χ1) is 18.4. The molecule has 38 heavy (non-hydrogen) atoms. The predicted octanol–water partition coefficient (Wildman–Crippen LogP) is 4.81. The van der Waals surface area contributed by atoms with E-state index in [0.717, 1.165) is 52.8 Å². The minimum Gasteiger partial charge on any atom is -0.339 e. The molecule has 0 saturated carbocycles. The lowest BCUT2D eigenvalue weighted by Crippen LogP contribution is -2.39. The first-order valence-corrected chi connectivity index (χ1v) is 14.9. The summed E-state index contributed by atoms with van der Waals surface area (Å²) in [5.41, 5.74) is 7.53. The van der Waals surface area contributed by atoms with Crippen molar-refractivity contribution in [3.05, 3.63) is 101 Å². The van der Waals surface area contributed by atoms with Gasteiger partial charge in [-0.15, -0.1) is 4.40 Å². The van der Waals surface area contributed by atoms with Crippen molar-refractivity contribution in [2.24, 2.45) is 4.40 Å². The standard InChI is InChI=1S/C29H26N4O3S2/c1-20-26-16-11-22-9-5-6-10-27(22)28(26)30-33(20)23-12-14-25(15-13-23)38(35,36)31-29-32(18-24(34)19-37-29)17-21-7-3-2-4-8-21/h2-10,12-15H,11,16-19H2,1H3/b31-29-. The Kier molecular flexibility index (Phi) is 6.41. The molecule has 3 aromatic carbocycles. The number of carbonyl (C=O) groups is 1. The van der Waals surface area contributed by atoms with Gasteiger partial charge in [-0.2, -0.15) is 13.5 Å². The van der Waals surface area contributed by atoms with Crippen LogP contribution >= 0.6 is 11.8 Å². The molecule has 4 aromatic rings. The smallest absolute Gasteiger partial charge is 0.284 e. The van der Waals surface area contributed by atoms with Crippen molar-refractivity contribution >= 4 is 32.7 Å². The molecular weight excluding hydrogens is 516 g/mol. The molecule has 1 saturated heterocycles. The number of aromatic nitrogens is 2. The van der Waals surface area contributed by atoms with E-state index in [1.165, 1.54) is 11.1 Å². The van der Waals surface area contributed by atoms with Crippen molar-refractivity contribution in [2.45, 2.75) is 31.2 Å². The van der Waals surface area contributed by atoms with Gasteiger partial charge in [-0.3, -0.25) is 4.79 Å². The Balaban J connectivity index is 1.28. The Labute approximate surface area is 226 Å². The molecule has 192 valence electrons. The number of amidine groups is 1. The molecule has 0 bridgehead atoms. The summed E-state index contributed by atoms with van der Waals surface area (Å²) in [5, 5.41) is 5.24. The van der Waals surface area contributed by atoms with Crippen LogP contribution < -0.4 is 0 Å². The molecule has 0 amide bonds. The van der Waals surface area contributed by atoms with Crippen molar-refractivity contribution in [3.8, 4) is 16.9 Å². The van der Waals surface area contributed by atoms with Crippen molar-refractivity contribution in [2.75, 3.05) is 12.3 Å². The van der Waals surface area contributed by atoms with Gasteiger partial charge in [0.05, 0.1) is 28.6 Å². The second-order valence-corrected chi connectivity index (χ2v) is 12.0. The summed E-state index contributed by atoms with van der Waals surface area (Å²) < 4.78 is 32.6. The third-order valence-corrected chi connectivity index (χ3v) is 9.42. The number of nitrogens with zero attached hydrogens (tertiary/aromatic N) is 4. The maximum Gasteiger partial charge on any atom is 0.284 e. The number of aryl methyl sites for hydroxylation is 1. The van der Waals surface area contributed by atoms with Crippen LogP contribution in [0.4, 0.5) is 0 Å². The minimum atomic E-state index is -3.97. The lowest BCUT2D eigenvalue weighted by molar-refractivity contribution is -0.117. The van der Waals surface area contributed by atoms with Crippen LogP contribution in [-0.2, 0) is 34.2 Å². The van der Waals surface area contributed by atoms with Gasteiger partial charge in [0, 0.05) is 23.4 Å². The van der Waals surface area contributed by atoms with Crippen LogP contribution in [0, 0.1) is 6.92 Å². The summed E-state index contributed by atoms with van der Waals surface area (Å²) in [6, 6.07) is 24.7. The minimum absolute atomic E-state index is 0.0477. The summed E-state index contributed by atoms with van der Waals surface area (Å²) >= 11 is 1.16. The molecule has 1 aromatic heterocycles. The van der Waals surface area contributed by atoms with Gasteiger partial charge in [-0.25, -0.2) is 4.68 Å². The van der Waals surface area contributed by atoms with Crippen LogP contribution in [0.3, 0.4) is 0 Å². The zero-order chi connectivity index (χ0) is 26.3. The largest absolute Gasteiger partial charge is 0.339 e. The van der Waals surface area contributed by atoms with Crippen LogP contribution in [-0.4, -0.2) is 46.3 Å². The van der Waals surface area contributed by atoms with Crippen molar-refractivity contribution in [3.63, 3.8) is 0 Å². The first kappa shape index (κ1) is 24.6. The normalized spacial score (nSPS) is 16.4. The number of benzene rings is 3. The highest BCUT2D eigenvalue weighted by molar-refractivity contribution is 8.15. The predicted molar refractivity (Wildman–Crippen MR) is 150 cm³/mol. The van der Waals surface area contributed by atoms with Gasteiger partial charge in [0.15, 0.2) is 11.0 Å².